The quantitative estimate of drug-likeness (QED) is 0.363. The number of hydrogen-bond donors (Lipinski definition) is 1. The van der Waals surface area contributed by atoms with Crippen LogP contribution in [0.25, 0.3) is 22.0 Å². The highest BCUT2D eigenvalue weighted by Crippen LogP contribution is 2.33. The van der Waals surface area contributed by atoms with Crippen LogP contribution in [0, 0.1) is 0 Å². The molecular weight excluding hydrogens is 436 g/mol. The minimum atomic E-state index is 0.0687. The molecule has 6 heteroatoms. The molecule has 35 heavy (non-hydrogen) atoms. The van der Waals surface area contributed by atoms with E-state index in [9.17, 15) is 4.79 Å². The molecule has 0 spiro atoms. The number of carbonyl (C=O) groups is 1. The number of benzene rings is 3. The lowest BCUT2D eigenvalue weighted by atomic mass is 10.0. The Balaban J connectivity index is 1.27. The van der Waals surface area contributed by atoms with E-state index >= 15 is 0 Å². The fraction of sp³-hybridized carbons (Fsp3) is 0.276. The molecule has 1 heterocycles. The normalized spacial score (nSPS) is 15.1. The van der Waals surface area contributed by atoms with Gasteiger partial charge in [-0.25, -0.2) is 9.97 Å². The van der Waals surface area contributed by atoms with Crippen LogP contribution in [0.3, 0.4) is 0 Å². The molecule has 2 aliphatic rings. The maximum absolute atomic E-state index is 13.3. The van der Waals surface area contributed by atoms with E-state index in [1.54, 1.807) is 13.4 Å². The van der Waals surface area contributed by atoms with Gasteiger partial charge in [-0.3, -0.25) is 4.79 Å². The van der Waals surface area contributed by atoms with Crippen LogP contribution >= 0.6 is 0 Å². The average molecular weight is 465 g/mol. The van der Waals surface area contributed by atoms with E-state index in [1.807, 2.05) is 29.2 Å². The summed E-state index contributed by atoms with van der Waals surface area (Å²) in [6.07, 6.45) is 6.13. The molecule has 4 aromatic rings. The number of nitrogens with zero attached hydrogens (tertiary/aromatic N) is 3. The highest BCUT2D eigenvalue weighted by Gasteiger charge is 2.33. The third-order valence-corrected chi connectivity index (χ3v) is 6.75. The first-order chi connectivity index (χ1) is 17.2. The fourth-order valence-electron chi connectivity index (χ4n) is 4.47. The Morgan fingerprint density at radius 1 is 0.971 bits per heavy atom. The standard InChI is InChI=1S/C29H28N4O2/c1-35-25-12-5-20(6-13-25)29(34)33(24-10-11-24)17-19-3-2-4-21(15-19)22-7-14-27-26(16-22)28(31-18-30-27)32-23-8-9-23/h2-7,12-16,18,23-24H,8-11,17H2,1H3,(H,30,31,32). The maximum atomic E-state index is 13.3. The molecule has 6 nitrogen and oxygen atoms in total. The van der Waals surface area contributed by atoms with Crippen LogP contribution in [0.1, 0.15) is 41.6 Å². The van der Waals surface area contributed by atoms with Gasteiger partial charge < -0.3 is 15.0 Å². The highest BCUT2D eigenvalue weighted by molar-refractivity contribution is 5.95. The van der Waals surface area contributed by atoms with Gasteiger partial charge in [-0.15, -0.1) is 0 Å². The Bertz CT molecular complexity index is 1380. The van der Waals surface area contributed by atoms with E-state index in [2.05, 4.69) is 57.7 Å². The Morgan fingerprint density at radius 2 is 1.77 bits per heavy atom. The summed E-state index contributed by atoms with van der Waals surface area (Å²) in [5, 5.41) is 4.56. The van der Waals surface area contributed by atoms with E-state index in [4.69, 9.17) is 4.74 Å². The summed E-state index contributed by atoms with van der Waals surface area (Å²) in [7, 11) is 1.63. The molecule has 6 rings (SSSR count). The van der Waals surface area contributed by atoms with Crippen LogP contribution in [0.4, 0.5) is 5.82 Å². The van der Waals surface area contributed by atoms with Crippen molar-refractivity contribution in [3.05, 3.63) is 84.2 Å². The molecule has 1 N–H and O–H groups in total. The predicted octanol–water partition coefficient (Wildman–Crippen LogP) is 5.68. The molecule has 0 saturated heterocycles. The van der Waals surface area contributed by atoms with Crippen LogP contribution in [0.5, 0.6) is 5.75 Å². The van der Waals surface area contributed by atoms with Crippen LogP contribution in [0.2, 0.25) is 0 Å². The second-order valence-corrected chi connectivity index (χ2v) is 9.47. The van der Waals surface area contributed by atoms with E-state index < -0.39 is 0 Å². The number of nitrogens with one attached hydrogen (secondary N) is 1. The number of fused-ring (bicyclic) bond motifs is 1. The molecule has 2 fully saturated rings. The molecule has 2 aliphatic carbocycles. The summed E-state index contributed by atoms with van der Waals surface area (Å²) >= 11 is 0. The van der Waals surface area contributed by atoms with Crippen LogP contribution in [-0.2, 0) is 6.54 Å². The van der Waals surface area contributed by atoms with Gasteiger partial charge in [0.25, 0.3) is 5.91 Å². The van der Waals surface area contributed by atoms with E-state index in [0.29, 0.717) is 24.2 Å². The number of hydrogen-bond acceptors (Lipinski definition) is 5. The van der Waals surface area contributed by atoms with Crippen molar-refractivity contribution in [2.75, 3.05) is 12.4 Å². The molecule has 1 aromatic heterocycles. The Kier molecular flexibility index (Phi) is 5.57. The topological polar surface area (TPSA) is 67.3 Å². The van der Waals surface area contributed by atoms with E-state index in [-0.39, 0.29) is 5.91 Å². The molecule has 0 aliphatic heterocycles. The Morgan fingerprint density at radius 3 is 2.51 bits per heavy atom. The Hall–Kier alpha value is -3.93. The lowest BCUT2D eigenvalue weighted by Gasteiger charge is -2.23. The van der Waals surface area contributed by atoms with E-state index in [1.165, 1.54) is 12.8 Å². The number of anilines is 1. The summed E-state index contributed by atoms with van der Waals surface area (Å²) in [6.45, 7) is 0.592. The molecule has 176 valence electrons. The molecule has 0 radical (unpaired) electrons. The minimum absolute atomic E-state index is 0.0687. The lowest BCUT2D eigenvalue weighted by Crippen LogP contribution is -2.32. The number of amides is 1. The third-order valence-electron chi connectivity index (χ3n) is 6.75. The van der Waals surface area contributed by atoms with Crippen molar-refractivity contribution in [3.63, 3.8) is 0 Å². The largest absolute Gasteiger partial charge is 0.497 e. The minimum Gasteiger partial charge on any atom is -0.497 e. The molecule has 1 amide bonds. The predicted molar refractivity (Wildman–Crippen MR) is 138 cm³/mol. The first-order valence-electron chi connectivity index (χ1n) is 12.2. The molecular formula is C29H28N4O2. The van der Waals surface area contributed by atoms with Crippen molar-refractivity contribution in [1.29, 1.82) is 0 Å². The SMILES string of the molecule is COc1ccc(C(=O)N(Cc2cccc(-c3ccc4ncnc(NC5CC5)c4c3)c2)C2CC2)cc1. The smallest absolute Gasteiger partial charge is 0.254 e. The zero-order chi connectivity index (χ0) is 23.8. The Labute approximate surface area is 205 Å². The highest BCUT2D eigenvalue weighted by atomic mass is 16.5. The number of ether oxygens (including phenoxy) is 1. The van der Waals surface area contributed by atoms with Crippen LogP contribution in [-0.4, -0.2) is 40.0 Å². The summed E-state index contributed by atoms with van der Waals surface area (Å²) in [5.41, 5.74) is 5.00. The van der Waals surface area contributed by atoms with Gasteiger partial charge in [0.05, 0.1) is 12.6 Å². The number of aromatic nitrogens is 2. The van der Waals surface area contributed by atoms with Gasteiger partial charge in [0, 0.05) is 29.6 Å². The van der Waals surface area contributed by atoms with Gasteiger partial charge in [0.2, 0.25) is 0 Å². The fourth-order valence-corrected chi connectivity index (χ4v) is 4.47. The van der Waals surface area contributed by atoms with Crippen LogP contribution in [0.15, 0.2) is 73.1 Å². The first kappa shape index (κ1) is 21.6. The van der Waals surface area contributed by atoms with Crippen LogP contribution < -0.4 is 10.1 Å². The summed E-state index contributed by atoms with van der Waals surface area (Å²) in [4.78, 5) is 24.3. The monoisotopic (exact) mass is 464 g/mol. The third kappa shape index (κ3) is 4.69. The molecule has 0 unspecified atom stereocenters. The second kappa shape index (κ2) is 9.02. The zero-order valence-corrected chi connectivity index (χ0v) is 19.8. The van der Waals surface area contributed by atoms with Crippen molar-refractivity contribution in [3.8, 4) is 16.9 Å². The van der Waals surface area contributed by atoms with Crippen molar-refractivity contribution in [2.45, 2.75) is 44.3 Å². The van der Waals surface area contributed by atoms with E-state index in [0.717, 1.165) is 52.0 Å². The summed E-state index contributed by atoms with van der Waals surface area (Å²) in [5.74, 6) is 1.73. The number of rotatable bonds is 8. The zero-order valence-electron chi connectivity index (χ0n) is 19.8. The second-order valence-electron chi connectivity index (χ2n) is 9.47. The van der Waals surface area contributed by atoms with Gasteiger partial charge in [-0.2, -0.15) is 0 Å². The molecule has 0 bridgehead atoms. The average Bonchev–Trinajstić information content (AvgIpc) is 3.83. The van der Waals surface area contributed by atoms with Crippen molar-refractivity contribution < 1.29 is 9.53 Å². The van der Waals surface area contributed by atoms with Crippen molar-refractivity contribution in [2.24, 2.45) is 0 Å². The number of methoxy groups -OCH3 is 1. The van der Waals surface area contributed by atoms with Gasteiger partial charge in [0.1, 0.15) is 17.9 Å². The van der Waals surface area contributed by atoms with Gasteiger partial charge >= 0.3 is 0 Å². The van der Waals surface area contributed by atoms with Crippen molar-refractivity contribution in [1.82, 2.24) is 14.9 Å². The van der Waals surface area contributed by atoms with Gasteiger partial charge in [-0.05, 0) is 84.8 Å². The number of carbonyl (C=O) groups excluding carboxylic acids is 1. The summed E-state index contributed by atoms with van der Waals surface area (Å²) < 4.78 is 5.24. The van der Waals surface area contributed by atoms with Gasteiger partial charge in [0.15, 0.2) is 0 Å². The van der Waals surface area contributed by atoms with Crippen molar-refractivity contribution >= 4 is 22.6 Å². The molecule has 0 atom stereocenters. The first-order valence-corrected chi connectivity index (χ1v) is 12.2. The van der Waals surface area contributed by atoms with Gasteiger partial charge in [-0.1, -0.05) is 24.3 Å². The maximum Gasteiger partial charge on any atom is 0.254 e. The molecule has 3 aromatic carbocycles. The summed E-state index contributed by atoms with van der Waals surface area (Å²) in [6, 6.07) is 23.0. The molecule has 2 saturated carbocycles. The lowest BCUT2D eigenvalue weighted by molar-refractivity contribution is 0.0730.